The number of ether oxygens (including phenoxy) is 1. The van der Waals surface area contributed by atoms with Crippen molar-refractivity contribution in [2.24, 2.45) is 0 Å². The molecule has 1 aliphatic rings. The Labute approximate surface area is 181 Å². The van der Waals surface area contributed by atoms with Crippen molar-refractivity contribution in [2.75, 3.05) is 12.3 Å². The van der Waals surface area contributed by atoms with Crippen LogP contribution >= 0.6 is 0 Å². The number of hydrogen-bond acceptors (Lipinski definition) is 5. The first-order valence-corrected chi connectivity index (χ1v) is 9.91. The lowest BCUT2D eigenvalue weighted by molar-refractivity contribution is -0.136. The second kappa shape index (κ2) is 8.39. The molecule has 0 saturated carbocycles. The number of rotatable bonds is 4. The van der Waals surface area contributed by atoms with E-state index < -0.39 is 41.8 Å². The SMILES string of the molecule is CC(C)(C)OC(=O)NCC(=Cc1ccc(N)c(C(F)(F)F)c1)B1OC(C)(C)C(C)(C)O1. The monoisotopic (exact) mass is 442 g/mol. The van der Waals surface area contributed by atoms with Crippen LogP contribution < -0.4 is 11.1 Å². The van der Waals surface area contributed by atoms with Crippen LogP contribution in [0.15, 0.2) is 23.7 Å². The number of nitrogens with one attached hydrogen (secondary N) is 1. The van der Waals surface area contributed by atoms with E-state index in [1.807, 2.05) is 27.7 Å². The third-order valence-electron chi connectivity index (χ3n) is 5.13. The van der Waals surface area contributed by atoms with Crippen LogP contribution in [0.1, 0.15) is 59.6 Å². The van der Waals surface area contributed by atoms with E-state index >= 15 is 0 Å². The van der Waals surface area contributed by atoms with Gasteiger partial charge in [0, 0.05) is 12.2 Å². The lowest BCUT2D eigenvalue weighted by Gasteiger charge is -2.32. The van der Waals surface area contributed by atoms with Crippen LogP contribution in [0.3, 0.4) is 0 Å². The fourth-order valence-corrected chi connectivity index (χ4v) is 2.81. The second-order valence-corrected chi connectivity index (χ2v) is 9.51. The van der Waals surface area contributed by atoms with Gasteiger partial charge in [0.1, 0.15) is 5.60 Å². The smallest absolute Gasteiger partial charge is 0.444 e. The zero-order valence-electron chi connectivity index (χ0n) is 18.9. The van der Waals surface area contributed by atoms with Gasteiger partial charge >= 0.3 is 19.4 Å². The Bertz CT molecular complexity index is 845. The van der Waals surface area contributed by atoms with Crippen LogP contribution in [0.5, 0.6) is 0 Å². The number of alkyl halides is 3. The van der Waals surface area contributed by atoms with Gasteiger partial charge in [-0.1, -0.05) is 12.1 Å². The minimum atomic E-state index is -4.59. The molecule has 0 aromatic heterocycles. The normalized spacial score (nSPS) is 18.8. The number of amides is 1. The molecule has 0 spiro atoms. The Morgan fingerprint density at radius 1 is 1.16 bits per heavy atom. The molecule has 0 bridgehead atoms. The van der Waals surface area contributed by atoms with Gasteiger partial charge in [-0.05, 0) is 71.6 Å². The van der Waals surface area contributed by atoms with E-state index in [2.05, 4.69) is 5.32 Å². The van der Waals surface area contributed by atoms with Gasteiger partial charge in [0.25, 0.3) is 0 Å². The Hall–Kier alpha value is -2.20. The molecule has 10 heteroatoms. The summed E-state index contributed by atoms with van der Waals surface area (Å²) in [6.07, 6.45) is -3.76. The molecule has 3 N–H and O–H groups in total. The number of halogens is 3. The molecule has 1 aromatic carbocycles. The van der Waals surface area contributed by atoms with Crippen LogP contribution in [-0.4, -0.2) is 36.6 Å². The van der Waals surface area contributed by atoms with Gasteiger partial charge in [-0.15, -0.1) is 0 Å². The maximum absolute atomic E-state index is 13.3. The molecule has 172 valence electrons. The molecule has 1 amide bonds. The van der Waals surface area contributed by atoms with Gasteiger partial charge in [-0.25, -0.2) is 4.79 Å². The van der Waals surface area contributed by atoms with Gasteiger partial charge in [0.2, 0.25) is 0 Å². The van der Waals surface area contributed by atoms with Gasteiger partial charge in [0.15, 0.2) is 0 Å². The van der Waals surface area contributed by atoms with E-state index in [4.69, 9.17) is 19.8 Å². The van der Waals surface area contributed by atoms with Crippen LogP contribution in [0.2, 0.25) is 0 Å². The maximum Gasteiger partial charge on any atom is 0.492 e. The van der Waals surface area contributed by atoms with E-state index in [1.54, 1.807) is 20.8 Å². The third-order valence-corrected chi connectivity index (χ3v) is 5.13. The number of nitrogens with two attached hydrogens (primary N) is 1. The van der Waals surface area contributed by atoms with E-state index in [0.29, 0.717) is 5.47 Å². The molecule has 1 aromatic rings. The van der Waals surface area contributed by atoms with Crippen molar-refractivity contribution in [3.63, 3.8) is 0 Å². The van der Waals surface area contributed by atoms with E-state index in [-0.39, 0.29) is 17.8 Å². The van der Waals surface area contributed by atoms with Crippen molar-refractivity contribution < 1.29 is 32.0 Å². The Balaban J connectivity index is 2.37. The summed E-state index contributed by atoms with van der Waals surface area (Å²) in [5.41, 5.74) is 2.84. The number of carbonyl (C=O) groups excluding carboxylic acids is 1. The Morgan fingerprint density at radius 3 is 2.19 bits per heavy atom. The Morgan fingerprint density at radius 2 is 1.71 bits per heavy atom. The van der Waals surface area contributed by atoms with E-state index in [1.165, 1.54) is 18.2 Å². The quantitative estimate of drug-likeness (QED) is 0.516. The van der Waals surface area contributed by atoms with Crippen molar-refractivity contribution in [1.82, 2.24) is 5.32 Å². The fourth-order valence-electron chi connectivity index (χ4n) is 2.81. The zero-order valence-corrected chi connectivity index (χ0v) is 18.9. The number of carbonyl (C=O) groups is 1. The predicted octanol–water partition coefficient (Wildman–Crippen LogP) is 4.83. The molecule has 2 rings (SSSR count). The average molecular weight is 442 g/mol. The first-order chi connectivity index (χ1) is 13.9. The summed E-state index contributed by atoms with van der Waals surface area (Å²) in [6, 6.07) is 3.61. The summed E-state index contributed by atoms with van der Waals surface area (Å²) in [5, 5.41) is 2.61. The molecule has 1 aliphatic heterocycles. The molecule has 0 radical (unpaired) electrons. The molecule has 6 nitrogen and oxygen atoms in total. The summed E-state index contributed by atoms with van der Waals surface area (Å²) >= 11 is 0. The van der Waals surface area contributed by atoms with Gasteiger partial charge in [-0.3, -0.25) is 0 Å². The highest BCUT2D eigenvalue weighted by atomic mass is 19.4. The summed E-state index contributed by atoms with van der Waals surface area (Å²) in [7, 11) is -0.869. The highest BCUT2D eigenvalue weighted by Gasteiger charge is 2.52. The highest BCUT2D eigenvalue weighted by molar-refractivity contribution is 6.56. The first-order valence-electron chi connectivity index (χ1n) is 9.91. The molecular weight excluding hydrogens is 412 g/mol. The topological polar surface area (TPSA) is 82.8 Å². The lowest BCUT2D eigenvalue weighted by Crippen LogP contribution is -2.41. The summed E-state index contributed by atoms with van der Waals surface area (Å²) < 4.78 is 57.1. The third kappa shape index (κ3) is 6.40. The minimum Gasteiger partial charge on any atom is -0.444 e. The molecular formula is C21H30BF3N2O4. The van der Waals surface area contributed by atoms with Gasteiger partial charge in [0.05, 0.1) is 16.8 Å². The fraction of sp³-hybridized carbons (Fsp3) is 0.571. The number of alkyl carbamates (subject to hydrolysis) is 1. The predicted molar refractivity (Wildman–Crippen MR) is 114 cm³/mol. The van der Waals surface area contributed by atoms with Crippen molar-refractivity contribution >= 4 is 25.0 Å². The van der Waals surface area contributed by atoms with E-state index in [9.17, 15) is 18.0 Å². The average Bonchev–Trinajstić information content (AvgIpc) is 2.78. The van der Waals surface area contributed by atoms with Crippen LogP contribution in [0.4, 0.5) is 23.7 Å². The molecule has 0 atom stereocenters. The molecule has 0 aliphatic carbocycles. The standard InChI is InChI=1S/C21H30BF3N2O4/c1-18(2,3)29-17(28)27-12-14(22-30-19(4,5)20(6,7)31-22)10-13-8-9-16(26)15(11-13)21(23,24)25/h8-11H,12,26H2,1-7H3,(H,27,28). The number of hydrogen-bond donors (Lipinski definition) is 2. The largest absolute Gasteiger partial charge is 0.492 e. The number of benzene rings is 1. The summed E-state index contributed by atoms with van der Waals surface area (Å²) in [5.74, 6) is 0. The summed E-state index contributed by atoms with van der Waals surface area (Å²) in [6.45, 7) is 12.6. The van der Waals surface area contributed by atoms with Crippen molar-refractivity contribution in [2.45, 2.75) is 71.4 Å². The first kappa shape index (κ1) is 25.1. The number of nitrogen functional groups attached to an aromatic ring is 1. The highest BCUT2D eigenvalue weighted by Crippen LogP contribution is 2.39. The van der Waals surface area contributed by atoms with E-state index in [0.717, 1.165) is 6.07 Å². The van der Waals surface area contributed by atoms with Crippen LogP contribution in [-0.2, 0) is 20.2 Å². The van der Waals surface area contributed by atoms with Gasteiger partial charge in [-0.2, -0.15) is 13.2 Å². The minimum absolute atomic E-state index is 0.0442. The van der Waals surface area contributed by atoms with Crippen LogP contribution in [0, 0.1) is 0 Å². The van der Waals surface area contributed by atoms with Crippen molar-refractivity contribution in [1.29, 1.82) is 0 Å². The zero-order chi connectivity index (χ0) is 23.8. The molecule has 0 unspecified atom stereocenters. The number of anilines is 1. The summed E-state index contributed by atoms with van der Waals surface area (Å²) in [4.78, 5) is 12.1. The van der Waals surface area contributed by atoms with Gasteiger partial charge < -0.3 is 25.1 Å². The molecule has 1 heterocycles. The molecule has 31 heavy (non-hydrogen) atoms. The molecule has 1 saturated heterocycles. The Kier molecular flexibility index (Phi) is 6.78. The lowest BCUT2D eigenvalue weighted by atomic mass is 9.77. The second-order valence-electron chi connectivity index (χ2n) is 9.51. The molecule has 1 fully saturated rings. The van der Waals surface area contributed by atoms with Crippen molar-refractivity contribution in [3.05, 3.63) is 34.8 Å². The maximum atomic E-state index is 13.3. The van der Waals surface area contributed by atoms with Crippen LogP contribution in [0.25, 0.3) is 6.08 Å². The van der Waals surface area contributed by atoms with Crippen molar-refractivity contribution in [3.8, 4) is 0 Å².